The second kappa shape index (κ2) is 11.8. The Kier molecular flexibility index (Phi) is 8.33. The van der Waals surface area contributed by atoms with Crippen LogP contribution in [-0.2, 0) is 13.6 Å². The van der Waals surface area contributed by atoms with Gasteiger partial charge in [-0.25, -0.2) is 9.37 Å². The van der Waals surface area contributed by atoms with Crippen LogP contribution >= 0.6 is 0 Å². The number of para-hydroxylation sites is 1. The number of rotatable bonds is 11. The minimum Gasteiger partial charge on any atom is -0.496 e. The summed E-state index contributed by atoms with van der Waals surface area (Å²) in [7, 11) is 3.39. The fraction of sp³-hybridized carbons (Fsp3) is 0.276. The highest BCUT2D eigenvalue weighted by Crippen LogP contribution is 2.38. The minimum absolute atomic E-state index is 0.0556. The van der Waals surface area contributed by atoms with Crippen molar-refractivity contribution in [1.29, 1.82) is 5.41 Å². The fourth-order valence-electron chi connectivity index (χ4n) is 4.12. The smallest absolute Gasteiger partial charge is 0.188 e. The number of halogens is 1. The maximum Gasteiger partial charge on any atom is 0.188 e. The van der Waals surface area contributed by atoms with Crippen LogP contribution in [0.15, 0.2) is 60.7 Å². The number of aryl methyl sites for hydroxylation is 1. The molecule has 0 aliphatic heterocycles. The molecule has 0 bridgehead atoms. The minimum atomic E-state index is -0.532. The van der Waals surface area contributed by atoms with Gasteiger partial charge in [0.05, 0.1) is 37.6 Å². The normalized spacial score (nSPS) is 10.9. The van der Waals surface area contributed by atoms with E-state index < -0.39 is 5.82 Å². The first-order valence-corrected chi connectivity index (χ1v) is 12.6. The van der Waals surface area contributed by atoms with Crippen LogP contribution in [0, 0.1) is 11.2 Å². The molecule has 10 heteroatoms. The predicted octanol–water partition coefficient (Wildman–Crippen LogP) is 5.44. The Labute approximate surface area is 227 Å². The molecule has 3 N–H and O–H groups in total. The zero-order chi connectivity index (χ0) is 28.1. The van der Waals surface area contributed by atoms with Gasteiger partial charge in [-0.3, -0.25) is 10.1 Å². The Morgan fingerprint density at radius 3 is 2.46 bits per heavy atom. The topological polar surface area (TPSA) is 112 Å². The zero-order valence-corrected chi connectivity index (χ0v) is 22.7. The average molecular weight is 533 g/mol. The van der Waals surface area contributed by atoms with Gasteiger partial charge in [0.25, 0.3) is 0 Å². The Morgan fingerprint density at radius 1 is 1.10 bits per heavy atom. The number of aromatic nitrogens is 3. The first-order chi connectivity index (χ1) is 18.7. The molecule has 1 aromatic heterocycles. The third-order valence-corrected chi connectivity index (χ3v) is 5.95. The van der Waals surface area contributed by atoms with Crippen molar-refractivity contribution < 1.29 is 18.6 Å². The molecule has 0 saturated carbocycles. The largest absolute Gasteiger partial charge is 0.496 e. The third kappa shape index (κ3) is 6.11. The van der Waals surface area contributed by atoms with Crippen molar-refractivity contribution >= 4 is 17.2 Å². The highest BCUT2D eigenvalue weighted by atomic mass is 19.1. The average Bonchev–Trinajstić information content (AvgIpc) is 3.28. The van der Waals surface area contributed by atoms with Crippen LogP contribution in [0.5, 0.6) is 17.2 Å². The highest BCUT2D eigenvalue weighted by molar-refractivity contribution is 5.95. The first kappa shape index (κ1) is 27.4. The van der Waals surface area contributed by atoms with Gasteiger partial charge in [-0.2, -0.15) is 5.10 Å². The van der Waals surface area contributed by atoms with Crippen LogP contribution in [-0.4, -0.2) is 40.4 Å². The van der Waals surface area contributed by atoms with E-state index in [1.807, 2.05) is 45.0 Å². The molecule has 0 atom stereocenters. The van der Waals surface area contributed by atoms with Crippen LogP contribution in [0.4, 0.5) is 15.8 Å². The Bertz CT molecular complexity index is 1450. The van der Waals surface area contributed by atoms with Gasteiger partial charge < -0.3 is 24.8 Å². The Balaban J connectivity index is 1.84. The lowest BCUT2D eigenvalue weighted by molar-refractivity contribution is 0.229. The van der Waals surface area contributed by atoms with Gasteiger partial charge in [0.2, 0.25) is 0 Å². The Morgan fingerprint density at radius 2 is 1.82 bits per heavy atom. The quantitative estimate of drug-likeness (QED) is 0.195. The number of methoxy groups -OCH3 is 1. The molecular weight excluding hydrogens is 499 g/mol. The molecule has 204 valence electrons. The number of hydrogen-bond donors (Lipinski definition) is 2. The summed E-state index contributed by atoms with van der Waals surface area (Å²) < 4.78 is 34.7. The van der Waals surface area contributed by atoms with E-state index in [4.69, 9.17) is 30.3 Å². The van der Waals surface area contributed by atoms with Crippen molar-refractivity contribution in [3.8, 4) is 28.6 Å². The van der Waals surface area contributed by atoms with Crippen LogP contribution in [0.3, 0.4) is 0 Å². The summed E-state index contributed by atoms with van der Waals surface area (Å²) in [5.74, 6) is 1.70. The second-order valence-electron chi connectivity index (χ2n) is 9.08. The SMILES string of the molecule is CCOc1cc(OC(C)C)c(F)c(N(Cc2nc(-c3ccccc3OC)nn2C)c2ccc(C(=N)N)cc2)c1. The summed E-state index contributed by atoms with van der Waals surface area (Å²) in [6.45, 7) is 6.12. The third-order valence-electron chi connectivity index (χ3n) is 5.95. The molecule has 0 amide bonds. The molecule has 9 nitrogen and oxygen atoms in total. The van der Waals surface area contributed by atoms with E-state index in [0.717, 1.165) is 5.56 Å². The van der Waals surface area contributed by atoms with Crippen LogP contribution < -0.4 is 24.8 Å². The van der Waals surface area contributed by atoms with Gasteiger partial charge in [-0.15, -0.1) is 0 Å². The molecule has 0 unspecified atom stereocenters. The summed E-state index contributed by atoms with van der Waals surface area (Å²) >= 11 is 0. The Hall–Kier alpha value is -4.60. The summed E-state index contributed by atoms with van der Waals surface area (Å²) in [4.78, 5) is 6.54. The molecule has 0 saturated heterocycles. The molecule has 39 heavy (non-hydrogen) atoms. The molecule has 0 spiro atoms. The van der Waals surface area contributed by atoms with E-state index in [-0.39, 0.29) is 29.9 Å². The number of hydrogen-bond acceptors (Lipinski definition) is 7. The van der Waals surface area contributed by atoms with Crippen LogP contribution in [0.2, 0.25) is 0 Å². The summed E-state index contributed by atoms with van der Waals surface area (Å²) in [5, 5.41) is 12.3. The first-order valence-electron chi connectivity index (χ1n) is 12.6. The second-order valence-corrected chi connectivity index (χ2v) is 9.08. The van der Waals surface area contributed by atoms with E-state index in [2.05, 4.69) is 5.10 Å². The molecule has 1 heterocycles. The molecule has 0 radical (unpaired) electrons. The molecule has 0 aliphatic carbocycles. The number of anilines is 2. The molecule has 0 fully saturated rings. The maximum absolute atomic E-state index is 16.0. The number of nitrogens with two attached hydrogens (primary N) is 1. The number of nitrogens with one attached hydrogen (secondary N) is 1. The van der Waals surface area contributed by atoms with E-state index >= 15 is 4.39 Å². The van der Waals surface area contributed by atoms with Crippen molar-refractivity contribution in [3.63, 3.8) is 0 Å². The maximum atomic E-state index is 16.0. The molecule has 4 aromatic rings. The lowest BCUT2D eigenvalue weighted by Gasteiger charge is -2.27. The van der Waals surface area contributed by atoms with Gasteiger partial charge in [0.15, 0.2) is 17.4 Å². The van der Waals surface area contributed by atoms with Gasteiger partial charge >= 0.3 is 0 Å². The van der Waals surface area contributed by atoms with Crippen LogP contribution in [0.1, 0.15) is 32.2 Å². The van der Waals surface area contributed by atoms with Crippen molar-refractivity contribution in [3.05, 3.63) is 77.9 Å². The molecule has 0 aliphatic rings. The molecule has 4 rings (SSSR count). The van der Waals surface area contributed by atoms with E-state index in [1.165, 1.54) is 0 Å². The summed E-state index contributed by atoms with van der Waals surface area (Å²) in [6, 6.07) is 17.7. The van der Waals surface area contributed by atoms with E-state index in [0.29, 0.717) is 41.0 Å². The van der Waals surface area contributed by atoms with Gasteiger partial charge in [-0.05, 0) is 57.2 Å². The predicted molar refractivity (Wildman–Crippen MR) is 150 cm³/mol. The van der Waals surface area contributed by atoms with Gasteiger partial charge in [-0.1, -0.05) is 12.1 Å². The number of amidine groups is 1. The van der Waals surface area contributed by atoms with E-state index in [1.54, 1.807) is 60.1 Å². The molecule has 3 aromatic carbocycles. The lowest BCUT2D eigenvalue weighted by Crippen LogP contribution is -2.21. The zero-order valence-electron chi connectivity index (χ0n) is 22.7. The summed E-state index contributed by atoms with van der Waals surface area (Å²) in [5.41, 5.74) is 7.87. The number of ether oxygens (including phenoxy) is 3. The monoisotopic (exact) mass is 532 g/mol. The lowest BCUT2D eigenvalue weighted by atomic mass is 10.1. The van der Waals surface area contributed by atoms with Crippen LogP contribution in [0.25, 0.3) is 11.4 Å². The van der Waals surface area contributed by atoms with Crippen molar-refractivity contribution in [1.82, 2.24) is 14.8 Å². The van der Waals surface area contributed by atoms with Crippen molar-refractivity contribution in [2.45, 2.75) is 33.4 Å². The standard InChI is InChI=1S/C29H33FN6O3/c1-6-38-21-15-23(27(30)25(16-21)39-18(2)3)36(20-13-11-19(12-14-20)28(31)32)17-26-33-29(34-35(26)4)22-9-7-8-10-24(22)37-5/h7-16,18H,6,17H2,1-5H3,(H3,31,32). The number of benzene rings is 3. The van der Waals surface area contributed by atoms with Crippen molar-refractivity contribution in [2.24, 2.45) is 12.8 Å². The molecular formula is C29H33FN6O3. The van der Waals surface area contributed by atoms with Gasteiger partial charge in [0, 0.05) is 30.4 Å². The summed E-state index contributed by atoms with van der Waals surface area (Å²) in [6.07, 6.45) is -0.241. The fourth-order valence-corrected chi connectivity index (χ4v) is 4.12. The number of nitrogens with zero attached hydrogens (tertiary/aromatic N) is 4. The number of nitrogen functional groups attached to an aromatic ring is 1. The highest BCUT2D eigenvalue weighted by Gasteiger charge is 2.23. The van der Waals surface area contributed by atoms with Gasteiger partial charge in [0.1, 0.15) is 23.2 Å². The van der Waals surface area contributed by atoms with Crippen molar-refractivity contribution in [2.75, 3.05) is 18.6 Å². The van der Waals surface area contributed by atoms with E-state index in [9.17, 15) is 0 Å².